The zero-order valence-corrected chi connectivity index (χ0v) is 9.73. The first kappa shape index (κ1) is 13.2. The van der Waals surface area contributed by atoms with Gasteiger partial charge in [-0.3, -0.25) is 4.79 Å². The van der Waals surface area contributed by atoms with Gasteiger partial charge in [0.1, 0.15) is 0 Å². The highest BCUT2D eigenvalue weighted by molar-refractivity contribution is 6.04. The number of nitrogens with one attached hydrogen (secondary N) is 1. The third-order valence-electron chi connectivity index (χ3n) is 2.08. The fourth-order valence-corrected chi connectivity index (χ4v) is 1.26. The number of aliphatic hydroxyl groups is 1. The molecule has 5 heteroatoms. The number of amides is 1. The minimum Gasteiger partial charge on any atom is -0.478 e. The zero-order chi connectivity index (χ0) is 13.1. The van der Waals surface area contributed by atoms with Crippen molar-refractivity contribution in [2.24, 2.45) is 0 Å². The topological polar surface area (TPSA) is 86.6 Å². The van der Waals surface area contributed by atoms with E-state index in [2.05, 4.69) is 5.32 Å². The van der Waals surface area contributed by atoms with Crippen LogP contribution in [-0.4, -0.2) is 34.2 Å². The molecular formula is C12H15NO4. The van der Waals surface area contributed by atoms with Crippen molar-refractivity contribution in [1.29, 1.82) is 0 Å². The van der Waals surface area contributed by atoms with Crippen LogP contribution in [0, 0.1) is 0 Å². The summed E-state index contributed by atoms with van der Waals surface area (Å²) in [6, 6.07) is 5.94. The maximum Gasteiger partial charge on any atom is 0.336 e. The summed E-state index contributed by atoms with van der Waals surface area (Å²) in [5, 5.41) is 20.9. The van der Waals surface area contributed by atoms with Crippen LogP contribution < -0.4 is 5.32 Å². The molecule has 0 saturated heterocycles. The molecule has 1 aromatic carbocycles. The predicted molar refractivity (Wildman–Crippen MR) is 62.0 cm³/mol. The van der Waals surface area contributed by atoms with Crippen molar-refractivity contribution in [3.8, 4) is 0 Å². The van der Waals surface area contributed by atoms with E-state index in [0.29, 0.717) is 0 Å². The Morgan fingerprint density at radius 3 is 2.24 bits per heavy atom. The van der Waals surface area contributed by atoms with Gasteiger partial charge in [0.2, 0.25) is 0 Å². The minimum absolute atomic E-state index is 0.0549. The highest BCUT2D eigenvalue weighted by atomic mass is 16.4. The summed E-state index contributed by atoms with van der Waals surface area (Å²) in [6.45, 7) is 3.16. The summed E-state index contributed by atoms with van der Waals surface area (Å²) in [5.74, 6) is -1.66. The lowest BCUT2D eigenvalue weighted by atomic mass is 10.1. The van der Waals surface area contributed by atoms with E-state index in [9.17, 15) is 14.7 Å². The quantitative estimate of drug-likeness (QED) is 0.725. The van der Waals surface area contributed by atoms with E-state index in [4.69, 9.17) is 5.11 Å². The van der Waals surface area contributed by atoms with E-state index < -0.39 is 17.5 Å². The Bertz CT molecular complexity index is 434. The zero-order valence-electron chi connectivity index (χ0n) is 9.73. The molecule has 0 saturated carbocycles. The van der Waals surface area contributed by atoms with Crippen LogP contribution in [0.4, 0.5) is 0 Å². The molecule has 0 atom stereocenters. The maximum atomic E-state index is 11.7. The summed E-state index contributed by atoms with van der Waals surface area (Å²) in [4.78, 5) is 22.6. The maximum absolute atomic E-state index is 11.7. The van der Waals surface area contributed by atoms with Crippen molar-refractivity contribution in [3.05, 3.63) is 35.4 Å². The second-order valence-electron chi connectivity index (χ2n) is 4.35. The second-order valence-corrected chi connectivity index (χ2v) is 4.35. The summed E-state index contributed by atoms with van der Waals surface area (Å²) < 4.78 is 0. The van der Waals surface area contributed by atoms with Crippen molar-refractivity contribution >= 4 is 11.9 Å². The van der Waals surface area contributed by atoms with Crippen LogP contribution in [-0.2, 0) is 0 Å². The number of rotatable bonds is 4. The molecule has 1 aromatic rings. The lowest BCUT2D eigenvalue weighted by molar-refractivity contribution is 0.0673. The molecule has 0 aliphatic carbocycles. The fourth-order valence-electron chi connectivity index (χ4n) is 1.26. The molecule has 0 bridgehead atoms. The fraction of sp³-hybridized carbons (Fsp3) is 0.333. The molecular weight excluding hydrogens is 222 g/mol. The number of hydrogen-bond acceptors (Lipinski definition) is 3. The predicted octanol–water partition coefficient (Wildman–Crippen LogP) is 0.886. The Morgan fingerprint density at radius 1 is 1.24 bits per heavy atom. The Hall–Kier alpha value is -1.88. The van der Waals surface area contributed by atoms with Crippen molar-refractivity contribution in [2.45, 2.75) is 19.4 Å². The Labute approximate surface area is 99.1 Å². The number of carboxylic acids is 1. The SMILES string of the molecule is CC(C)(O)CNC(=O)c1ccccc1C(=O)O. The second kappa shape index (κ2) is 4.97. The third-order valence-corrected chi connectivity index (χ3v) is 2.08. The largest absolute Gasteiger partial charge is 0.478 e. The van der Waals surface area contributed by atoms with E-state index in [-0.39, 0.29) is 17.7 Å². The molecule has 0 fully saturated rings. The smallest absolute Gasteiger partial charge is 0.336 e. The van der Waals surface area contributed by atoms with Gasteiger partial charge in [0.25, 0.3) is 5.91 Å². The van der Waals surface area contributed by atoms with Gasteiger partial charge in [0, 0.05) is 6.54 Å². The van der Waals surface area contributed by atoms with E-state index >= 15 is 0 Å². The average Bonchev–Trinajstić information content (AvgIpc) is 2.25. The van der Waals surface area contributed by atoms with Gasteiger partial charge >= 0.3 is 5.97 Å². The van der Waals surface area contributed by atoms with Crippen LogP contribution in [0.1, 0.15) is 34.6 Å². The molecule has 0 aliphatic rings. The van der Waals surface area contributed by atoms with Crippen LogP contribution in [0.5, 0.6) is 0 Å². The first-order chi connectivity index (χ1) is 7.81. The van der Waals surface area contributed by atoms with Gasteiger partial charge in [-0.15, -0.1) is 0 Å². The molecule has 0 spiro atoms. The standard InChI is InChI=1S/C12H15NO4/c1-12(2,17)7-13-10(14)8-5-3-4-6-9(8)11(15)16/h3-6,17H,7H2,1-2H3,(H,13,14)(H,15,16). The van der Waals surface area contributed by atoms with Crippen LogP contribution in [0.25, 0.3) is 0 Å². The summed E-state index contributed by atoms with van der Waals surface area (Å²) in [7, 11) is 0. The molecule has 1 amide bonds. The van der Waals surface area contributed by atoms with Gasteiger partial charge < -0.3 is 15.5 Å². The van der Waals surface area contributed by atoms with Gasteiger partial charge in [0.05, 0.1) is 16.7 Å². The number of carbonyl (C=O) groups is 2. The van der Waals surface area contributed by atoms with Gasteiger partial charge in [-0.2, -0.15) is 0 Å². The first-order valence-electron chi connectivity index (χ1n) is 5.14. The van der Waals surface area contributed by atoms with Crippen molar-refractivity contribution in [1.82, 2.24) is 5.32 Å². The average molecular weight is 237 g/mol. The summed E-state index contributed by atoms with van der Waals surface area (Å²) >= 11 is 0. The number of carboxylic acid groups (broad SMARTS) is 1. The number of benzene rings is 1. The highest BCUT2D eigenvalue weighted by Crippen LogP contribution is 2.09. The molecule has 0 aromatic heterocycles. The molecule has 1 rings (SSSR count). The summed E-state index contributed by atoms with van der Waals surface area (Å²) in [6.07, 6.45) is 0. The van der Waals surface area contributed by atoms with Crippen LogP contribution >= 0.6 is 0 Å². The number of aromatic carboxylic acids is 1. The molecule has 0 heterocycles. The Kier molecular flexibility index (Phi) is 3.85. The minimum atomic E-state index is -1.15. The lowest BCUT2D eigenvalue weighted by Gasteiger charge is -2.17. The molecule has 0 radical (unpaired) electrons. The lowest BCUT2D eigenvalue weighted by Crippen LogP contribution is -2.38. The van der Waals surface area contributed by atoms with Crippen molar-refractivity contribution < 1.29 is 19.8 Å². The highest BCUT2D eigenvalue weighted by Gasteiger charge is 2.18. The summed E-state index contributed by atoms with van der Waals surface area (Å²) in [5.41, 5.74) is -1.00. The first-order valence-corrected chi connectivity index (χ1v) is 5.14. The van der Waals surface area contributed by atoms with Crippen molar-refractivity contribution in [2.75, 3.05) is 6.54 Å². The Balaban J connectivity index is 2.86. The third kappa shape index (κ3) is 3.88. The van der Waals surface area contributed by atoms with E-state index in [0.717, 1.165) is 0 Å². The van der Waals surface area contributed by atoms with E-state index in [1.807, 2.05) is 0 Å². The molecule has 0 aliphatic heterocycles. The van der Waals surface area contributed by atoms with Crippen LogP contribution in [0.2, 0.25) is 0 Å². The normalized spacial score (nSPS) is 11.0. The van der Waals surface area contributed by atoms with Crippen LogP contribution in [0.15, 0.2) is 24.3 Å². The van der Waals surface area contributed by atoms with E-state index in [1.165, 1.54) is 12.1 Å². The van der Waals surface area contributed by atoms with Crippen molar-refractivity contribution in [3.63, 3.8) is 0 Å². The van der Waals surface area contributed by atoms with Gasteiger partial charge in [-0.05, 0) is 26.0 Å². The monoisotopic (exact) mass is 237 g/mol. The molecule has 0 unspecified atom stereocenters. The molecule has 5 nitrogen and oxygen atoms in total. The number of hydrogen-bond donors (Lipinski definition) is 3. The molecule has 92 valence electrons. The van der Waals surface area contributed by atoms with Gasteiger partial charge in [-0.25, -0.2) is 4.79 Å². The van der Waals surface area contributed by atoms with Crippen LogP contribution in [0.3, 0.4) is 0 Å². The van der Waals surface area contributed by atoms with Gasteiger partial charge in [-0.1, -0.05) is 12.1 Å². The van der Waals surface area contributed by atoms with E-state index in [1.54, 1.807) is 26.0 Å². The number of carbonyl (C=O) groups excluding carboxylic acids is 1. The van der Waals surface area contributed by atoms with Gasteiger partial charge in [0.15, 0.2) is 0 Å². The molecule has 17 heavy (non-hydrogen) atoms. The molecule has 3 N–H and O–H groups in total. The Morgan fingerprint density at radius 2 is 1.76 bits per heavy atom.